The van der Waals surface area contributed by atoms with E-state index in [0.717, 1.165) is 32.6 Å². The second-order valence-corrected chi connectivity index (χ2v) is 8.23. The third-order valence-corrected chi connectivity index (χ3v) is 5.75. The van der Waals surface area contributed by atoms with Crippen LogP contribution in [-0.2, 0) is 6.61 Å². The van der Waals surface area contributed by atoms with Crippen LogP contribution in [-0.4, -0.2) is 25.0 Å². The minimum atomic E-state index is -0.581. The number of pyridine rings is 4. The molecule has 6 rings (SSSR count). The number of hydrogen-bond acceptors (Lipinski definition) is 8. The maximum Gasteiger partial charge on any atom is 0.213 e. The van der Waals surface area contributed by atoms with Gasteiger partial charge in [0.05, 0.1) is 17.6 Å². The Balaban J connectivity index is 0.000000145. The van der Waals surface area contributed by atoms with Crippen LogP contribution in [0.3, 0.4) is 0 Å². The molecular weight excluding hydrogens is 469 g/mol. The minimum Gasteiger partial charge on any atom is -0.399 e. The van der Waals surface area contributed by atoms with Crippen molar-refractivity contribution in [2.75, 3.05) is 17.2 Å². The Morgan fingerprint density at radius 3 is 1.94 bits per heavy atom. The molecule has 0 aliphatic rings. The fourth-order valence-corrected chi connectivity index (χ4v) is 4.07. The summed E-state index contributed by atoms with van der Waals surface area (Å²) in [6, 6.07) is 17.5. The van der Waals surface area contributed by atoms with Crippen LogP contribution in [0.4, 0.5) is 21.7 Å². The first-order valence-corrected chi connectivity index (χ1v) is 10.9. The number of halogens is 2. The van der Waals surface area contributed by atoms with Gasteiger partial charge in [-0.15, -0.1) is 0 Å². The van der Waals surface area contributed by atoms with Crippen molar-refractivity contribution in [1.82, 2.24) is 19.9 Å². The lowest BCUT2D eigenvalue weighted by atomic mass is 10.1. The smallest absolute Gasteiger partial charge is 0.213 e. The van der Waals surface area contributed by atoms with Crippen LogP contribution in [0.2, 0.25) is 5.15 Å². The largest absolute Gasteiger partial charge is 0.399 e. The highest BCUT2D eigenvalue weighted by molar-refractivity contribution is 6.30. The van der Waals surface area contributed by atoms with Crippen molar-refractivity contribution in [1.29, 1.82) is 0 Å². The quantitative estimate of drug-likeness (QED) is 0.149. The van der Waals surface area contributed by atoms with Crippen LogP contribution in [0.1, 0.15) is 5.56 Å². The van der Waals surface area contributed by atoms with Crippen molar-refractivity contribution < 1.29 is 9.50 Å². The van der Waals surface area contributed by atoms with Gasteiger partial charge in [-0.05, 0) is 48.0 Å². The zero-order valence-corrected chi connectivity index (χ0v) is 19.0. The molecule has 0 aliphatic carbocycles. The van der Waals surface area contributed by atoms with Gasteiger partial charge in [0.25, 0.3) is 0 Å². The van der Waals surface area contributed by atoms with Gasteiger partial charge in [-0.25, -0.2) is 19.9 Å². The highest BCUT2D eigenvalue weighted by atomic mass is 35.5. The predicted octanol–water partition coefficient (Wildman–Crippen LogP) is 4.60. The summed E-state index contributed by atoms with van der Waals surface area (Å²) in [4.78, 5) is 16.4. The Morgan fingerprint density at radius 1 is 0.686 bits per heavy atom. The topological polar surface area (TPSA) is 150 Å². The number of hydrogen-bond donors (Lipinski definition) is 4. The Morgan fingerprint density at radius 2 is 1.26 bits per heavy atom. The highest BCUT2D eigenvalue weighted by Gasteiger charge is 2.10. The number of aliphatic hydroxyl groups excluding tert-OH is 1. The molecule has 7 N–H and O–H groups in total. The molecular formula is C25H19ClFN7O. The molecule has 0 aliphatic heterocycles. The van der Waals surface area contributed by atoms with Crippen LogP contribution >= 0.6 is 11.6 Å². The standard InChI is InChI=1S/C13H10FN3O.C12H9ClN4/c14-11-4-3-9-8-2-1-7(6-18)5-10(8)16-13(15)12(9)17-11;13-10-4-3-8-7-2-1-6(14)5-9(7)16-12(15)11(8)17-10/h1-5,18H,6H2,(H2,15,16);1-5H,14H2,(H2,15,16). The number of nitrogen functional groups attached to an aromatic ring is 3. The molecule has 10 heteroatoms. The van der Waals surface area contributed by atoms with Crippen molar-refractivity contribution in [3.63, 3.8) is 0 Å². The number of nitrogens with two attached hydrogens (primary N) is 3. The molecule has 0 atom stereocenters. The molecule has 0 bridgehead atoms. The van der Waals surface area contributed by atoms with Gasteiger partial charge in [-0.3, -0.25) is 0 Å². The monoisotopic (exact) mass is 487 g/mol. The summed E-state index contributed by atoms with van der Waals surface area (Å²) in [5.41, 5.74) is 21.2. The first kappa shape index (κ1) is 22.5. The van der Waals surface area contributed by atoms with E-state index in [2.05, 4.69) is 19.9 Å². The number of benzene rings is 2. The molecule has 0 unspecified atom stereocenters. The lowest BCUT2D eigenvalue weighted by Gasteiger charge is -2.06. The summed E-state index contributed by atoms with van der Waals surface area (Å²) >= 11 is 5.85. The molecule has 2 aromatic carbocycles. The third-order valence-electron chi connectivity index (χ3n) is 5.54. The molecule has 8 nitrogen and oxygen atoms in total. The van der Waals surface area contributed by atoms with E-state index in [9.17, 15) is 4.39 Å². The van der Waals surface area contributed by atoms with Crippen molar-refractivity contribution >= 4 is 72.5 Å². The van der Waals surface area contributed by atoms with Crippen molar-refractivity contribution in [2.24, 2.45) is 0 Å². The second-order valence-electron chi connectivity index (χ2n) is 7.84. The van der Waals surface area contributed by atoms with E-state index in [0.29, 0.717) is 33.2 Å². The van der Waals surface area contributed by atoms with Crippen molar-refractivity contribution in [3.8, 4) is 0 Å². The molecule has 0 saturated carbocycles. The summed E-state index contributed by atoms with van der Waals surface area (Å²) in [6.07, 6.45) is 0. The average molecular weight is 488 g/mol. The Hall–Kier alpha value is -4.34. The van der Waals surface area contributed by atoms with E-state index in [1.165, 1.54) is 6.07 Å². The van der Waals surface area contributed by atoms with Gasteiger partial charge in [-0.1, -0.05) is 29.8 Å². The van der Waals surface area contributed by atoms with Gasteiger partial charge < -0.3 is 22.3 Å². The van der Waals surface area contributed by atoms with E-state index in [-0.39, 0.29) is 12.4 Å². The maximum absolute atomic E-state index is 13.1. The molecule has 6 aromatic rings. The molecule has 4 heterocycles. The summed E-state index contributed by atoms with van der Waals surface area (Å²) in [6.45, 7) is -0.0583. The molecule has 0 spiro atoms. The average Bonchev–Trinajstić information content (AvgIpc) is 2.84. The SMILES string of the molecule is Nc1ccc2c(c1)nc(N)c1nc(Cl)ccc12.Nc1nc2cc(CO)ccc2c2ccc(F)nc12. The molecule has 0 radical (unpaired) electrons. The molecule has 0 amide bonds. The first-order chi connectivity index (χ1) is 16.8. The lowest BCUT2D eigenvalue weighted by molar-refractivity contribution is 0.282. The van der Waals surface area contributed by atoms with Crippen LogP contribution in [0.15, 0.2) is 60.7 Å². The van der Waals surface area contributed by atoms with Gasteiger partial charge in [-0.2, -0.15) is 4.39 Å². The number of aromatic nitrogens is 4. The van der Waals surface area contributed by atoms with E-state index in [1.807, 2.05) is 24.3 Å². The molecule has 35 heavy (non-hydrogen) atoms. The first-order valence-electron chi connectivity index (χ1n) is 10.5. The van der Waals surface area contributed by atoms with Gasteiger partial charge in [0.1, 0.15) is 16.2 Å². The predicted molar refractivity (Wildman–Crippen MR) is 138 cm³/mol. The number of aliphatic hydroxyl groups is 1. The van der Waals surface area contributed by atoms with Crippen molar-refractivity contribution in [3.05, 3.63) is 77.3 Å². The van der Waals surface area contributed by atoms with Crippen LogP contribution < -0.4 is 17.2 Å². The maximum atomic E-state index is 13.1. The van der Waals surface area contributed by atoms with Crippen molar-refractivity contribution in [2.45, 2.75) is 6.61 Å². The van der Waals surface area contributed by atoms with Crippen LogP contribution in [0, 0.1) is 5.95 Å². The summed E-state index contributed by atoms with van der Waals surface area (Å²) < 4.78 is 13.1. The Kier molecular flexibility index (Phi) is 5.64. The zero-order valence-electron chi connectivity index (χ0n) is 18.2. The summed E-state index contributed by atoms with van der Waals surface area (Å²) in [5, 5.41) is 13.0. The number of nitrogens with zero attached hydrogens (tertiary/aromatic N) is 4. The third kappa shape index (κ3) is 4.18. The molecule has 0 saturated heterocycles. The van der Waals surface area contributed by atoms with Crippen LogP contribution in [0.5, 0.6) is 0 Å². The molecule has 174 valence electrons. The van der Waals surface area contributed by atoms with Gasteiger partial charge in [0, 0.05) is 27.2 Å². The highest BCUT2D eigenvalue weighted by Crippen LogP contribution is 2.29. The molecule has 0 fully saturated rings. The van der Waals surface area contributed by atoms with Crippen LogP contribution in [0.25, 0.3) is 43.6 Å². The lowest BCUT2D eigenvalue weighted by Crippen LogP contribution is -1.97. The fourth-order valence-electron chi connectivity index (χ4n) is 3.93. The zero-order chi connectivity index (χ0) is 24.7. The van der Waals surface area contributed by atoms with Gasteiger partial charge in [0.2, 0.25) is 5.95 Å². The number of rotatable bonds is 1. The summed E-state index contributed by atoms with van der Waals surface area (Å²) in [7, 11) is 0. The van der Waals surface area contributed by atoms with E-state index < -0.39 is 5.95 Å². The second kappa shape index (κ2) is 8.79. The fraction of sp³-hybridized carbons (Fsp3) is 0.0400. The minimum absolute atomic E-state index is 0.0583. The van der Waals surface area contributed by atoms with Gasteiger partial charge in [0.15, 0.2) is 11.6 Å². The summed E-state index contributed by atoms with van der Waals surface area (Å²) in [5.74, 6) is -0.0324. The van der Waals surface area contributed by atoms with E-state index >= 15 is 0 Å². The Bertz CT molecular complexity index is 1760. The Labute approximate surface area is 203 Å². The van der Waals surface area contributed by atoms with Gasteiger partial charge >= 0.3 is 0 Å². The molecule has 4 aromatic heterocycles. The number of anilines is 3. The van der Waals surface area contributed by atoms with E-state index in [1.54, 1.807) is 30.3 Å². The normalized spacial score (nSPS) is 11.2. The van der Waals surface area contributed by atoms with E-state index in [4.69, 9.17) is 33.9 Å². The number of fused-ring (bicyclic) bond motifs is 6.